The molecule has 418 valence electrons. The topological polar surface area (TPSA) is 32.1 Å². The van der Waals surface area contributed by atoms with Crippen molar-refractivity contribution in [1.29, 1.82) is 0 Å². The fraction of sp³-hybridized carbons (Fsp3) is 0.100. The molecule has 0 aliphatic carbocycles. The Morgan fingerprint density at radius 1 is 0.364 bits per heavy atom. The lowest BCUT2D eigenvalue weighted by molar-refractivity contribution is 0.493. The number of nitrogens with zero attached hydrogens (tertiary/aromatic N) is 3. The van der Waals surface area contributed by atoms with E-state index in [1.165, 1.54) is 58.6 Å². The first-order valence-corrected chi connectivity index (χ1v) is 31.6. The maximum Gasteiger partial charge on any atom is 0.256 e. The van der Waals surface area contributed by atoms with Crippen LogP contribution < -0.4 is 52.2 Å². The maximum absolute atomic E-state index is 7.39. The summed E-state index contributed by atoms with van der Waals surface area (Å²) < 4.78 is 17.1. The number of rotatable bonds is 5. The van der Waals surface area contributed by atoms with Crippen molar-refractivity contribution in [2.45, 2.75) is 52.4 Å². The van der Waals surface area contributed by atoms with Crippen LogP contribution in [0.3, 0.4) is 0 Å². The minimum atomic E-state index is -0.215. The molecule has 0 bridgehead atoms. The van der Waals surface area contributed by atoms with Gasteiger partial charge in [0, 0.05) is 82.6 Å². The largest absolute Gasteiger partial charge is 0.458 e. The van der Waals surface area contributed by atoms with E-state index < -0.39 is 0 Å². The van der Waals surface area contributed by atoms with Gasteiger partial charge in [-0.2, -0.15) is 0 Å². The predicted molar refractivity (Wildman–Crippen MR) is 375 cm³/mol. The highest BCUT2D eigenvalue weighted by Gasteiger charge is 2.49. The summed E-state index contributed by atoms with van der Waals surface area (Å²) in [6.07, 6.45) is 0. The zero-order valence-corrected chi connectivity index (χ0v) is 50.7. The van der Waals surface area contributed by atoms with E-state index in [0.29, 0.717) is 0 Å². The van der Waals surface area contributed by atoms with Crippen LogP contribution in [0.4, 0.5) is 51.2 Å². The van der Waals surface area contributed by atoms with E-state index >= 15 is 0 Å². The molecule has 0 radical (unpaired) electrons. The number of thiophene rings is 1. The Bertz CT molecular complexity index is 5160. The Morgan fingerprint density at radius 2 is 0.920 bits per heavy atom. The zero-order valence-electron chi connectivity index (χ0n) is 49.9. The van der Waals surface area contributed by atoms with Gasteiger partial charge in [0.15, 0.2) is 0 Å². The van der Waals surface area contributed by atoms with Gasteiger partial charge in [0.05, 0.1) is 16.8 Å². The van der Waals surface area contributed by atoms with Gasteiger partial charge < -0.3 is 23.9 Å². The summed E-state index contributed by atoms with van der Waals surface area (Å²) in [6.45, 7) is 13.4. The second kappa shape index (κ2) is 18.7. The molecule has 18 rings (SSSR count). The molecule has 5 nitrogen and oxygen atoms in total. The van der Waals surface area contributed by atoms with E-state index in [1.807, 2.05) is 11.3 Å². The average molecular weight is 1150 g/mol. The van der Waals surface area contributed by atoms with Crippen molar-refractivity contribution >= 4 is 151 Å². The highest BCUT2D eigenvalue weighted by molar-refractivity contribution is 7.26. The van der Waals surface area contributed by atoms with Gasteiger partial charge in [-0.1, -0.05) is 224 Å². The number of hydrogen-bond donors (Lipinski definition) is 0. The Balaban J connectivity index is 1.03. The van der Waals surface area contributed by atoms with Gasteiger partial charge >= 0.3 is 0 Å². The van der Waals surface area contributed by atoms with Crippen LogP contribution in [0.15, 0.2) is 253 Å². The molecule has 0 N–H and O–H groups in total. The number of hydrogen-bond acceptors (Lipinski definition) is 6. The van der Waals surface area contributed by atoms with Crippen LogP contribution in [0.25, 0.3) is 64.4 Å². The quantitative estimate of drug-likeness (QED) is 0.160. The summed E-state index contributed by atoms with van der Waals surface area (Å²) in [5, 5.41) is 4.58. The van der Waals surface area contributed by atoms with Crippen LogP contribution >= 0.6 is 11.3 Å². The monoisotopic (exact) mass is 1150 g/mol. The fourth-order valence-electron chi connectivity index (χ4n) is 15.1. The van der Waals surface area contributed by atoms with E-state index in [9.17, 15) is 0 Å². The molecule has 0 spiro atoms. The molecule has 88 heavy (non-hydrogen) atoms. The van der Waals surface area contributed by atoms with Crippen molar-refractivity contribution in [2.24, 2.45) is 0 Å². The molecular weight excluding hydrogens is 1090 g/mol. The van der Waals surface area contributed by atoms with Gasteiger partial charge in [0.25, 0.3) is 13.4 Å². The zero-order chi connectivity index (χ0) is 58.9. The summed E-state index contributed by atoms with van der Waals surface area (Å²) in [5.74, 6) is 1.83. The van der Waals surface area contributed by atoms with Gasteiger partial charge in [-0.3, -0.25) is 0 Å². The van der Waals surface area contributed by atoms with Crippen molar-refractivity contribution in [3.63, 3.8) is 0 Å². The SMILES string of the molecule is CC(C)(C)c1ccc(-c2cccc(-c3ccc(C(C)(C)C)cc3)c2N2c3cc4c(cc3B3c5ccccc5N(c5ccccc5)c5c3c2cc2oc3ccccc3c52)B2c3ccccc3Oc3c2c(cc2sc5ccccc5c32)N4c2ccccc2)cc1. The molecular formula is C80H59B2N3O2S. The Morgan fingerprint density at radius 3 is 1.60 bits per heavy atom. The molecule has 6 heterocycles. The third-order valence-corrected chi connectivity index (χ3v) is 20.3. The summed E-state index contributed by atoms with van der Waals surface area (Å²) in [5.41, 5.74) is 26.1. The van der Waals surface area contributed by atoms with Gasteiger partial charge in [0.1, 0.15) is 22.7 Å². The molecule has 14 aromatic rings. The van der Waals surface area contributed by atoms with E-state index in [-0.39, 0.29) is 24.3 Å². The molecule has 12 aromatic carbocycles. The van der Waals surface area contributed by atoms with E-state index in [1.54, 1.807) is 0 Å². The standard InChI is InChI=1S/C80H59B2N3O2S/c1-79(2,3)50-40-36-48(37-41-50)54-28-21-29-55(49-38-42-51(43-39-49)80(4,5)6)76(54)85-64-45-63-60(82-59-31-16-19-34-68(59)87-78-73-57-27-14-20-35-70(57)88-71(73)47-66(75(78)82)83(63)52-22-9-7-10-23-52)44-61(64)81-58-30-15-17-32-62(58)84(53-24-11-8-12-25-53)77-72-56-26-13-18-33-67(56)86-69(72)46-65(85)74(77)81/h7-47H,1-6H3. The highest BCUT2D eigenvalue weighted by atomic mass is 32.1. The second-order valence-corrected chi connectivity index (χ2v) is 27.4. The second-order valence-electron chi connectivity index (χ2n) is 26.3. The van der Waals surface area contributed by atoms with Crippen molar-refractivity contribution in [3.05, 3.63) is 260 Å². The van der Waals surface area contributed by atoms with Gasteiger partial charge in [-0.05, 0) is 127 Å². The number of ether oxygens (including phenoxy) is 1. The van der Waals surface area contributed by atoms with E-state index in [0.717, 1.165) is 112 Å². The molecule has 0 unspecified atom stereocenters. The molecule has 0 amide bonds. The summed E-state index contributed by atoms with van der Waals surface area (Å²) in [7, 11) is 0. The van der Waals surface area contributed by atoms with Crippen LogP contribution in [-0.2, 0) is 10.8 Å². The number of anilines is 9. The van der Waals surface area contributed by atoms with Crippen LogP contribution in [0, 0.1) is 0 Å². The predicted octanol–water partition coefficient (Wildman–Crippen LogP) is 18.4. The first-order chi connectivity index (χ1) is 42.9. The minimum absolute atomic E-state index is 0.0301. The first-order valence-electron chi connectivity index (χ1n) is 30.8. The molecule has 0 fully saturated rings. The van der Waals surface area contributed by atoms with Crippen LogP contribution in [0.5, 0.6) is 11.5 Å². The summed E-state index contributed by atoms with van der Waals surface area (Å²) >= 11 is 1.84. The smallest absolute Gasteiger partial charge is 0.256 e. The van der Waals surface area contributed by atoms with Gasteiger partial charge in [0.2, 0.25) is 0 Å². The van der Waals surface area contributed by atoms with Crippen molar-refractivity contribution < 1.29 is 9.15 Å². The minimum Gasteiger partial charge on any atom is -0.458 e. The Labute approximate surface area is 517 Å². The molecule has 8 heteroatoms. The first kappa shape index (κ1) is 51.2. The lowest BCUT2D eigenvalue weighted by atomic mass is 9.30. The summed E-state index contributed by atoms with van der Waals surface area (Å²) in [4.78, 5) is 7.74. The average Bonchev–Trinajstić information content (AvgIpc) is 0.929. The van der Waals surface area contributed by atoms with Gasteiger partial charge in [-0.25, -0.2) is 0 Å². The molecule has 0 saturated carbocycles. The van der Waals surface area contributed by atoms with Crippen molar-refractivity contribution in [3.8, 4) is 33.8 Å². The van der Waals surface area contributed by atoms with Crippen molar-refractivity contribution in [1.82, 2.24) is 0 Å². The Kier molecular flexibility index (Phi) is 10.9. The number of para-hydroxylation sites is 6. The summed E-state index contributed by atoms with van der Waals surface area (Å²) in [6, 6.07) is 93.1. The number of furan rings is 1. The molecule has 0 atom stereocenters. The number of benzene rings is 12. The maximum atomic E-state index is 7.39. The normalized spacial score (nSPS) is 13.8. The van der Waals surface area contributed by atoms with E-state index in [2.05, 4.69) is 305 Å². The van der Waals surface area contributed by atoms with Gasteiger partial charge in [-0.15, -0.1) is 11.3 Å². The highest BCUT2D eigenvalue weighted by Crippen LogP contribution is 2.55. The fourth-order valence-corrected chi connectivity index (χ4v) is 16.3. The molecule has 0 saturated heterocycles. The lowest BCUT2D eigenvalue weighted by Crippen LogP contribution is -2.64. The lowest BCUT2D eigenvalue weighted by Gasteiger charge is -2.47. The number of fused-ring (bicyclic) bond motifs is 16. The third kappa shape index (κ3) is 7.42. The van der Waals surface area contributed by atoms with Crippen molar-refractivity contribution in [2.75, 3.05) is 14.7 Å². The van der Waals surface area contributed by atoms with Crippen LogP contribution in [0.2, 0.25) is 0 Å². The molecule has 2 aromatic heterocycles. The molecule has 4 aliphatic rings. The Hall–Kier alpha value is -10.0. The van der Waals surface area contributed by atoms with Crippen LogP contribution in [-0.4, -0.2) is 13.4 Å². The van der Waals surface area contributed by atoms with E-state index in [4.69, 9.17) is 9.15 Å². The third-order valence-electron chi connectivity index (χ3n) is 19.2. The van der Waals surface area contributed by atoms with Crippen LogP contribution in [0.1, 0.15) is 52.7 Å². The molecule has 4 aliphatic heterocycles.